The van der Waals surface area contributed by atoms with Gasteiger partial charge in [0.15, 0.2) is 0 Å². The van der Waals surface area contributed by atoms with E-state index in [4.69, 9.17) is 23.1 Å². The number of hydrogen-bond acceptors (Lipinski definition) is 3. The average molecular weight is 253 g/mol. The third-order valence-corrected chi connectivity index (χ3v) is 2.36. The fourth-order valence-electron chi connectivity index (χ4n) is 1.47. The molecule has 0 radical (unpaired) electrons. The molecule has 0 saturated carbocycles. The van der Waals surface area contributed by atoms with Gasteiger partial charge in [-0.25, -0.2) is 9.78 Å². The lowest BCUT2D eigenvalue weighted by Crippen LogP contribution is -2.27. The summed E-state index contributed by atoms with van der Waals surface area (Å²) in [4.78, 5) is 16.9. The van der Waals surface area contributed by atoms with E-state index in [0.29, 0.717) is 18.9 Å². The van der Waals surface area contributed by atoms with Crippen LogP contribution >= 0.6 is 11.6 Å². The Balaban J connectivity index is 3.19. The van der Waals surface area contributed by atoms with E-state index < -0.39 is 5.97 Å². The molecule has 0 aliphatic rings. The smallest absolute Gasteiger partial charge is 0.339 e. The zero-order chi connectivity index (χ0) is 12.8. The summed E-state index contributed by atoms with van der Waals surface area (Å²) in [6, 6.07) is 2.89. The van der Waals surface area contributed by atoms with Crippen LogP contribution in [0.15, 0.2) is 12.1 Å². The van der Waals surface area contributed by atoms with E-state index in [9.17, 15) is 4.79 Å². The molecule has 0 aromatic carbocycles. The molecular formula is C12H13ClN2O2. The first-order chi connectivity index (χ1) is 8.10. The summed E-state index contributed by atoms with van der Waals surface area (Å²) in [5, 5.41) is 9.33. The molecule has 1 heterocycles. The molecule has 1 aromatic rings. The predicted molar refractivity (Wildman–Crippen MR) is 67.5 cm³/mol. The number of halogens is 1. The molecule has 0 unspecified atom stereocenters. The summed E-state index contributed by atoms with van der Waals surface area (Å²) in [6.07, 6.45) is 6.10. The van der Waals surface area contributed by atoms with Gasteiger partial charge < -0.3 is 10.0 Å². The van der Waals surface area contributed by atoms with Gasteiger partial charge >= 0.3 is 5.97 Å². The number of carboxylic acid groups (broad SMARTS) is 1. The van der Waals surface area contributed by atoms with Crippen molar-refractivity contribution in [2.45, 2.75) is 13.3 Å². The van der Waals surface area contributed by atoms with Gasteiger partial charge in [0, 0.05) is 6.54 Å². The van der Waals surface area contributed by atoms with Crippen LogP contribution in [0.2, 0.25) is 5.15 Å². The second-order valence-corrected chi connectivity index (χ2v) is 3.82. The minimum Gasteiger partial charge on any atom is -0.478 e. The van der Waals surface area contributed by atoms with Crippen LogP contribution in [0.5, 0.6) is 0 Å². The van der Waals surface area contributed by atoms with E-state index in [2.05, 4.69) is 10.9 Å². The highest BCUT2D eigenvalue weighted by atomic mass is 35.5. The molecule has 1 rings (SSSR count). The van der Waals surface area contributed by atoms with Gasteiger partial charge in [-0.2, -0.15) is 0 Å². The van der Waals surface area contributed by atoms with Gasteiger partial charge in [-0.05, 0) is 18.6 Å². The van der Waals surface area contributed by atoms with Crippen molar-refractivity contribution >= 4 is 23.4 Å². The molecule has 0 atom stereocenters. The zero-order valence-electron chi connectivity index (χ0n) is 9.48. The maximum atomic E-state index is 11.1. The highest BCUT2D eigenvalue weighted by Crippen LogP contribution is 2.21. The maximum absolute atomic E-state index is 11.1. The second-order valence-electron chi connectivity index (χ2n) is 3.44. The molecule has 4 nitrogen and oxygen atoms in total. The van der Waals surface area contributed by atoms with Crippen molar-refractivity contribution in [2.75, 3.05) is 18.0 Å². The lowest BCUT2D eigenvalue weighted by molar-refractivity contribution is 0.0697. The number of hydrogen-bond donors (Lipinski definition) is 1. The van der Waals surface area contributed by atoms with Gasteiger partial charge in [-0.3, -0.25) is 0 Å². The van der Waals surface area contributed by atoms with Crippen LogP contribution in [0.1, 0.15) is 23.7 Å². The Morgan fingerprint density at radius 3 is 2.88 bits per heavy atom. The first-order valence-electron chi connectivity index (χ1n) is 5.18. The van der Waals surface area contributed by atoms with E-state index in [1.165, 1.54) is 12.1 Å². The Bertz CT molecular complexity index is 454. The number of nitrogens with zero attached hydrogens (tertiary/aromatic N) is 2. The van der Waals surface area contributed by atoms with Crippen molar-refractivity contribution in [3.63, 3.8) is 0 Å². The zero-order valence-corrected chi connectivity index (χ0v) is 10.2. The lowest BCUT2D eigenvalue weighted by atomic mass is 10.2. The molecule has 17 heavy (non-hydrogen) atoms. The van der Waals surface area contributed by atoms with Gasteiger partial charge in [0.25, 0.3) is 0 Å². The Morgan fingerprint density at radius 1 is 1.65 bits per heavy atom. The molecule has 0 aliphatic heterocycles. The molecule has 0 saturated heterocycles. The summed E-state index contributed by atoms with van der Waals surface area (Å²) in [5.74, 6) is 1.77. The Morgan fingerprint density at radius 2 is 2.35 bits per heavy atom. The van der Waals surface area contributed by atoms with Crippen LogP contribution in [-0.4, -0.2) is 29.1 Å². The van der Waals surface area contributed by atoms with Crippen molar-refractivity contribution in [3.05, 3.63) is 22.8 Å². The van der Waals surface area contributed by atoms with Crippen LogP contribution < -0.4 is 4.90 Å². The largest absolute Gasteiger partial charge is 0.478 e. The van der Waals surface area contributed by atoms with Crippen LogP contribution in [0.3, 0.4) is 0 Å². The van der Waals surface area contributed by atoms with Gasteiger partial charge in [0.1, 0.15) is 16.5 Å². The highest BCUT2D eigenvalue weighted by Gasteiger charge is 2.17. The third kappa shape index (κ3) is 3.36. The number of anilines is 1. The minimum absolute atomic E-state index is 0.109. The van der Waals surface area contributed by atoms with Crippen molar-refractivity contribution in [1.82, 2.24) is 4.98 Å². The molecule has 1 aromatic heterocycles. The number of carbonyl (C=O) groups is 1. The number of aromatic carboxylic acids is 1. The molecule has 5 heteroatoms. The normalized spacial score (nSPS) is 9.71. The van der Waals surface area contributed by atoms with E-state index >= 15 is 0 Å². The van der Waals surface area contributed by atoms with Crippen molar-refractivity contribution < 1.29 is 9.90 Å². The molecule has 0 aliphatic carbocycles. The van der Waals surface area contributed by atoms with Crippen LogP contribution in [0.4, 0.5) is 5.82 Å². The number of aromatic nitrogens is 1. The monoisotopic (exact) mass is 252 g/mol. The topological polar surface area (TPSA) is 53.4 Å². The van der Waals surface area contributed by atoms with Crippen molar-refractivity contribution in [2.24, 2.45) is 0 Å². The summed E-state index contributed by atoms with van der Waals surface area (Å²) >= 11 is 5.78. The molecule has 90 valence electrons. The maximum Gasteiger partial charge on any atom is 0.339 e. The van der Waals surface area contributed by atoms with Crippen LogP contribution in [0.25, 0.3) is 0 Å². The van der Waals surface area contributed by atoms with Crippen molar-refractivity contribution in [3.8, 4) is 12.3 Å². The van der Waals surface area contributed by atoms with Crippen LogP contribution in [-0.2, 0) is 0 Å². The van der Waals surface area contributed by atoms with Crippen molar-refractivity contribution in [1.29, 1.82) is 0 Å². The second kappa shape index (κ2) is 6.12. The molecular weight excluding hydrogens is 240 g/mol. The first-order valence-corrected chi connectivity index (χ1v) is 5.56. The molecule has 0 fully saturated rings. The molecule has 0 bridgehead atoms. The summed E-state index contributed by atoms with van der Waals surface area (Å²) in [6.45, 7) is 2.92. The van der Waals surface area contributed by atoms with E-state index in [1.807, 2.05) is 6.92 Å². The number of pyridine rings is 1. The van der Waals surface area contributed by atoms with Gasteiger partial charge in [-0.1, -0.05) is 24.4 Å². The standard InChI is InChI=1S/C12H13ClN2O2/c1-3-7-15(8-4-2)11-9(12(16)17)5-6-10(13)14-11/h1,5-6H,4,7-8H2,2H3,(H,16,17). The average Bonchev–Trinajstić information content (AvgIpc) is 2.28. The molecule has 0 amide bonds. The van der Waals surface area contributed by atoms with E-state index in [1.54, 1.807) is 4.90 Å². The summed E-state index contributed by atoms with van der Waals surface area (Å²) < 4.78 is 0. The number of terminal acetylenes is 1. The van der Waals surface area contributed by atoms with Gasteiger partial charge in [0.2, 0.25) is 0 Å². The summed E-state index contributed by atoms with van der Waals surface area (Å²) in [7, 11) is 0. The van der Waals surface area contributed by atoms with E-state index in [0.717, 1.165) is 6.42 Å². The SMILES string of the molecule is C#CCN(CCC)c1nc(Cl)ccc1C(=O)O. The third-order valence-electron chi connectivity index (χ3n) is 2.15. The molecule has 0 spiro atoms. The van der Waals surface area contributed by atoms with Gasteiger partial charge in [-0.15, -0.1) is 6.42 Å². The Kier molecular flexibility index (Phi) is 4.80. The quantitative estimate of drug-likeness (QED) is 0.645. The highest BCUT2D eigenvalue weighted by molar-refractivity contribution is 6.29. The van der Waals surface area contributed by atoms with E-state index in [-0.39, 0.29) is 10.7 Å². The minimum atomic E-state index is -1.04. The Labute approximate surface area is 105 Å². The van der Waals surface area contributed by atoms with Gasteiger partial charge in [0.05, 0.1) is 6.54 Å². The summed E-state index contributed by atoms with van der Waals surface area (Å²) in [5.41, 5.74) is 0.109. The number of rotatable bonds is 5. The molecule has 1 N–H and O–H groups in total. The fraction of sp³-hybridized carbons (Fsp3) is 0.333. The predicted octanol–water partition coefficient (Wildman–Crippen LogP) is 2.28. The fourth-order valence-corrected chi connectivity index (χ4v) is 1.62. The van der Waals surface area contributed by atoms with Crippen LogP contribution in [0, 0.1) is 12.3 Å². The lowest BCUT2D eigenvalue weighted by Gasteiger charge is -2.22. The Hall–Kier alpha value is -1.73. The first kappa shape index (κ1) is 13.3. The number of carboxylic acids is 1.